The van der Waals surface area contributed by atoms with Gasteiger partial charge in [-0.05, 0) is 52.0 Å². The van der Waals surface area contributed by atoms with Gasteiger partial charge in [-0.3, -0.25) is 4.79 Å². The Morgan fingerprint density at radius 2 is 1.94 bits per heavy atom. The minimum atomic E-state index is -0.323. The zero-order valence-electron chi connectivity index (χ0n) is 17.8. The van der Waals surface area contributed by atoms with E-state index in [1.165, 1.54) is 17.8 Å². The average Bonchev–Trinajstić information content (AvgIpc) is 3.43. The summed E-state index contributed by atoms with van der Waals surface area (Å²) < 4.78 is 23.4. The number of furan rings is 1. The van der Waals surface area contributed by atoms with E-state index >= 15 is 0 Å². The number of ketones is 1. The summed E-state index contributed by atoms with van der Waals surface area (Å²) in [5.74, 6) is 1.35. The van der Waals surface area contributed by atoms with Crippen LogP contribution in [0.4, 0.5) is 4.39 Å². The van der Waals surface area contributed by atoms with Gasteiger partial charge in [0.15, 0.2) is 16.8 Å². The molecule has 31 heavy (non-hydrogen) atoms. The molecule has 6 nitrogen and oxygen atoms in total. The molecule has 0 spiro atoms. The summed E-state index contributed by atoms with van der Waals surface area (Å²) in [4.78, 5) is 13.0. The quantitative estimate of drug-likeness (QED) is 0.286. The van der Waals surface area contributed by atoms with E-state index in [-0.39, 0.29) is 17.4 Å². The van der Waals surface area contributed by atoms with Gasteiger partial charge in [-0.2, -0.15) is 0 Å². The van der Waals surface area contributed by atoms with E-state index in [0.717, 1.165) is 28.5 Å². The van der Waals surface area contributed by atoms with Gasteiger partial charge in [-0.15, -0.1) is 10.2 Å². The molecule has 0 atom stereocenters. The first-order valence-corrected chi connectivity index (χ1v) is 11.0. The first-order valence-electron chi connectivity index (χ1n) is 9.99. The summed E-state index contributed by atoms with van der Waals surface area (Å²) in [6, 6.07) is 10.2. The first kappa shape index (κ1) is 21.1. The fourth-order valence-electron chi connectivity index (χ4n) is 3.75. The second-order valence-electron chi connectivity index (χ2n) is 7.22. The van der Waals surface area contributed by atoms with E-state index < -0.39 is 0 Å². The standard InChI is InChI=1S/C23H23FN4O2S/c1-5-27-22(17-10-11-30-16(17)4)25-26-23(27)31-13-21(29)18-12-14(2)28(15(18)3)20-9-7-6-8-19(20)24/h6-12H,5,13H2,1-4H3. The molecular weight excluding hydrogens is 415 g/mol. The average molecular weight is 439 g/mol. The van der Waals surface area contributed by atoms with Crippen LogP contribution in [0, 0.1) is 26.6 Å². The van der Waals surface area contributed by atoms with Crippen LogP contribution in [-0.2, 0) is 6.54 Å². The zero-order valence-corrected chi connectivity index (χ0v) is 18.7. The third-order valence-corrected chi connectivity index (χ3v) is 6.26. The lowest BCUT2D eigenvalue weighted by atomic mass is 10.2. The molecule has 0 saturated heterocycles. The lowest BCUT2D eigenvalue weighted by Gasteiger charge is -2.11. The molecule has 4 rings (SSSR count). The fraction of sp³-hybridized carbons (Fsp3) is 0.261. The molecule has 1 aromatic carbocycles. The number of Topliss-reactive ketones (excluding diaryl/α,β-unsaturated/α-hetero) is 1. The number of nitrogens with zero attached hydrogens (tertiary/aromatic N) is 4. The Kier molecular flexibility index (Phi) is 5.82. The van der Waals surface area contributed by atoms with Crippen molar-refractivity contribution < 1.29 is 13.6 Å². The summed E-state index contributed by atoms with van der Waals surface area (Å²) in [5.41, 5.74) is 3.45. The van der Waals surface area contributed by atoms with E-state index in [0.29, 0.717) is 23.0 Å². The van der Waals surface area contributed by atoms with Crippen LogP contribution in [0.3, 0.4) is 0 Å². The molecule has 160 valence electrons. The highest BCUT2D eigenvalue weighted by atomic mass is 32.2. The molecule has 0 amide bonds. The summed E-state index contributed by atoms with van der Waals surface area (Å²) in [7, 11) is 0. The molecule has 0 aliphatic rings. The molecule has 0 N–H and O–H groups in total. The van der Waals surface area contributed by atoms with Crippen molar-refractivity contribution in [2.24, 2.45) is 0 Å². The largest absolute Gasteiger partial charge is 0.469 e. The number of benzene rings is 1. The van der Waals surface area contributed by atoms with Crippen molar-refractivity contribution in [3.05, 3.63) is 71.2 Å². The Balaban J connectivity index is 1.57. The van der Waals surface area contributed by atoms with Crippen LogP contribution in [0.2, 0.25) is 0 Å². The summed E-state index contributed by atoms with van der Waals surface area (Å²) in [6.45, 7) is 8.27. The van der Waals surface area contributed by atoms with E-state index in [9.17, 15) is 9.18 Å². The second-order valence-corrected chi connectivity index (χ2v) is 8.17. The van der Waals surface area contributed by atoms with Gasteiger partial charge in [0.25, 0.3) is 0 Å². The number of halogens is 1. The number of carbonyl (C=O) groups is 1. The SMILES string of the molecule is CCn1c(SCC(=O)c2cc(C)n(-c3ccccc3F)c2C)nnc1-c1ccoc1C. The summed E-state index contributed by atoms with van der Waals surface area (Å²) >= 11 is 1.35. The predicted molar refractivity (Wildman–Crippen MR) is 118 cm³/mol. The van der Waals surface area contributed by atoms with Crippen molar-refractivity contribution >= 4 is 17.5 Å². The third kappa shape index (κ3) is 3.83. The van der Waals surface area contributed by atoms with Crippen LogP contribution in [0.15, 0.2) is 52.2 Å². The van der Waals surface area contributed by atoms with Crippen molar-refractivity contribution in [2.75, 3.05) is 5.75 Å². The van der Waals surface area contributed by atoms with Crippen molar-refractivity contribution in [3.8, 4) is 17.1 Å². The van der Waals surface area contributed by atoms with Crippen molar-refractivity contribution in [2.45, 2.75) is 39.4 Å². The van der Waals surface area contributed by atoms with Gasteiger partial charge in [-0.1, -0.05) is 23.9 Å². The highest BCUT2D eigenvalue weighted by Gasteiger charge is 2.21. The number of aromatic nitrogens is 4. The van der Waals surface area contributed by atoms with Crippen molar-refractivity contribution in [1.82, 2.24) is 19.3 Å². The predicted octanol–water partition coefficient (Wildman–Crippen LogP) is 5.39. The number of aryl methyl sites for hydroxylation is 2. The van der Waals surface area contributed by atoms with E-state index in [1.54, 1.807) is 29.0 Å². The maximum absolute atomic E-state index is 14.3. The fourth-order valence-corrected chi connectivity index (χ4v) is 4.64. The number of para-hydroxylation sites is 1. The maximum atomic E-state index is 14.3. The lowest BCUT2D eigenvalue weighted by molar-refractivity contribution is 0.102. The summed E-state index contributed by atoms with van der Waals surface area (Å²) in [6.07, 6.45) is 1.63. The van der Waals surface area contributed by atoms with Crippen LogP contribution in [0.25, 0.3) is 17.1 Å². The van der Waals surface area contributed by atoms with Crippen LogP contribution >= 0.6 is 11.8 Å². The van der Waals surface area contributed by atoms with Gasteiger partial charge in [0.05, 0.1) is 23.3 Å². The van der Waals surface area contributed by atoms with Gasteiger partial charge < -0.3 is 13.6 Å². The summed E-state index contributed by atoms with van der Waals surface area (Å²) in [5, 5.41) is 9.26. The van der Waals surface area contributed by atoms with Crippen LogP contribution in [0.1, 0.15) is 34.4 Å². The molecule has 3 heterocycles. The third-order valence-electron chi connectivity index (χ3n) is 5.29. The van der Waals surface area contributed by atoms with E-state index in [4.69, 9.17) is 4.42 Å². The Morgan fingerprint density at radius 3 is 2.61 bits per heavy atom. The molecule has 8 heteroatoms. The molecule has 0 aliphatic heterocycles. The Bertz CT molecular complexity index is 1250. The topological polar surface area (TPSA) is 65.8 Å². The highest BCUT2D eigenvalue weighted by Crippen LogP contribution is 2.28. The molecule has 0 bridgehead atoms. The monoisotopic (exact) mass is 438 g/mol. The van der Waals surface area contributed by atoms with Gasteiger partial charge in [0.2, 0.25) is 0 Å². The molecule has 0 aliphatic carbocycles. The minimum Gasteiger partial charge on any atom is -0.469 e. The molecule has 3 aromatic heterocycles. The number of hydrogen-bond acceptors (Lipinski definition) is 5. The van der Waals surface area contributed by atoms with Crippen molar-refractivity contribution in [1.29, 1.82) is 0 Å². The Labute approximate surface area is 184 Å². The molecule has 0 unspecified atom stereocenters. The Morgan fingerprint density at radius 1 is 1.16 bits per heavy atom. The van der Waals surface area contributed by atoms with Crippen LogP contribution in [0.5, 0.6) is 0 Å². The van der Waals surface area contributed by atoms with Crippen LogP contribution in [-0.4, -0.2) is 30.9 Å². The lowest BCUT2D eigenvalue weighted by Crippen LogP contribution is -2.07. The van der Waals surface area contributed by atoms with Crippen LogP contribution < -0.4 is 0 Å². The molecule has 0 radical (unpaired) electrons. The Hall–Kier alpha value is -3.13. The molecule has 0 fully saturated rings. The number of rotatable bonds is 7. The highest BCUT2D eigenvalue weighted by molar-refractivity contribution is 7.99. The number of carbonyl (C=O) groups excluding carboxylic acids is 1. The first-order chi connectivity index (χ1) is 14.9. The molecule has 4 aromatic rings. The smallest absolute Gasteiger partial charge is 0.191 e. The number of hydrogen-bond donors (Lipinski definition) is 0. The van der Waals surface area contributed by atoms with Gasteiger partial charge in [0.1, 0.15) is 11.6 Å². The maximum Gasteiger partial charge on any atom is 0.191 e. The second kappa shape index (κ2) is 8.55. The molecule has 0 saturated carbocycles. The van der Waals surface area contributed by atoms with Gasteiger partial charge in [-0.25, -0.2) is 4.39 Å². The molecular formula is C23H23FN4O2S. The minimum absolute atomic E-state index is 0.0348. The van der Waals surface area contributed by atoms with E-state index in [1.807, 2.05) is 44.4 Å². The van der Waals surface area contributed by atoms with Gasteiger partial charge >= 0.3 is 0 Å². The normalized spacial score (nSPS) is 11.3. The number of thioether (sulfide) groups is 1. The van der Waals surface area contributed by atoms with Gasteiger partial charge in [0, 0.05) is 23.5 Å². The zero-order chi connectivity index (χ0) is 22.1. The van der Waals surface area contributed by atoms with Crippen molar-refractivity contribution in [3.63, 3.8) is 0 Å². The van der Waals surface area contributed by atoms with E-state index in [2.05, 4.69) is 10.2 Å².